The molecule has 0 saturated carbocycles. The lowest BCUT2D eigenvalue weighted by molar-refractivity contribution is 0.211. The van der Waals surface area contributed by atoms with E-state index in [1.54, 1.807) is 12.1 Å². The maximum Gasteiger partial charge on any atom is 0.410 e. The van der Waals surface area contributed by atoms with Crippen molar-refractivity contribution in [3.05, 3.63) is 48.5 Å². The van der Waals surface area contributed by atoms with Gasteiger partial charge in [0.15, 0.2) is 11.6 Å². The Hall–Kier alpha value is -3.06. The van der Waals surface area contributed by atoms with Crippen LogP contribution in [0, 0.1) is 0 Å². The molecule has 124 valence electrons. The van der Waals surface area contributed by atoms with Gasteiger partial charge in [0.2, 0.25) is 0 Å². The van der Waals surface area contributed by atoms with Crippen LogP contribution in [0.4, 0.5) is 4.79 Å². The first kappa shape index (κ1) is 15.8. The van der Waals surface area contributed by atoms with Crippen molar-refractivity contribution in [3.63, 3.8) is 0 Å². The van der Waals surface area contributed by atoms with Crippen molar-refractivity contribution < 1.29 is 9.53 Å². The van der Waals surface area contributed by atoms with Crippen LogP contribution in [0.15, 0.2) is 48.5 Å². The Morgan fingerprint density at radius 2 is 1.96 bits per heavy atom. The smallest absolute Gasteiger partial charge is 0.408 e. The van der Waals surface area contributed by atoms with Gasteiger partial charge in [-0.15, -0.1) is 0 Å². The van der Waals surface area contributed by atoms with E-state index in [2.05, 4.69) is 0 Å². The molecular weight excluding hydrogens is 306 g/mol. The number of nitrogens with two attached hydrogens (primary N) is 2. The maximum atomic E-state index is 11.2. The summed E-state index contributed by atoms with van der Waals surface area (Å²) in [5.74, 6) is 1.10. The Balaban J connectivity index is 2.28. The fourth-order valence-corrected chi connectivity index (χ4v) is 2.67. The van der Waals surface area contributed by atoms with E-state index in [1.165, 1.54) is 0 Å². The molecule has 7 heteroatoms. The highest BCUT2D eigenvalue weighted by Gasteiger charge is 2.19. The monoisotopic (exact) mass is 325 g/mol. The number of benzene rings is 2. The summed E-state index contributed by atoms with van der Waals surface area (Å²) in [6.45, 7) is 1.08. The fraction of sp³-hybridized carbons (Fsp3) is 0.176. The summed E-state index contributed by atoms with van der Waals surface area (Å²) in [4.78, 5) is 15.9. The van der Waals surface area contributed by atoms with Crippen LogP contribution in [-0.2, 0) is 0 Å². The summed E-state index contributed by atoms with van der Waals surface area (Å²) in [7, 11) is 1.90. The minimum atomic E-state index is -0.863. The van der Waals surface area contributed by atoms with E-state index in [1.807, 2.05) is 53.1 Å². The van der Waals surface area contributed by atoms with Crippen LogP contribution in [0.25, 0.3) is 22.4 Å². The molecule has 3 aromatic rings. The van der Waals surface area contributed by atoms with E-state index in [-0.39, 0.29) is 0 Å². The van der Waals surface area contributed by atoms with E-state index in [9.17, 15) is 4.79 Å². The van der Waals surface area contributed by atoms with E-state index in [0.717, 1.165) is 11.4 Å². The second kappa shape index (κ2) is 6.59. The van der Waals surface area contributed by atoms with Gasteiger partial charge in [-0.1, -0.05) is 36.4 Å². The van der Waals surface area contributed by atoms with Gasteiger partial charge in [-0.05, 0) is 12.1 Å². The molecule has 1 heterocycles. The molecule has 0 atom stereocenters. The lowest BCUT2D eigenvalue weighted by Crippen LogP contribution is -2.35. The predicted octanol–water partition coefficient (Wildman–Crippen LogP) is 1.69. The number of hydrogen-bond donors (Lipinski definition) is 2. The number of rotatable bonds is 5. The molecule has 0 aliphatic heterocycles. The van der Waals surface area contributed by atoms with Crippen LogP contribution in [0.2, 0.25) is 0 Å². The summed E-state index contributed by atoms with van der Waals surface area (Å²) < 4.78 is 7.06. The summed E-state index contributed by atoms with van der Waals surface area (Å²) in [5, 5.41) is 1.94. The minimum Gasteiger partial charge on any atom is -0.408 e. The van der Waals surface area contributed by atoms with Crippen molar-refractivity contribution in [2.24, 2.45) is 11.5 Å². The van der Waals surface area contributed by atoms with Crippen molar-refractivity contribution >= 4 is 17.1 Å². The van der Waals surface area contributed by atoms with Gasteiger partial charge in [0.25, 0.3) is 0 Å². The van der Waals surface area contributed by atoms with Gasteiger partial charge in [-0.3, -0.25) is 0 Å². The SMILES string of the molecule is CN(CCN)n1c(-c2ccccc2)nc2cccc(OC(N)=O)c21. The number of imidazole rings is 1. The van der Waals surface area contributed by atoms with Crippen molar-refractivity contribution in [3.8, 4) is 17.1 Å². The number of hydrogen-bond acceptors (Lipinski definition) is 5. The number of amides is 1. The highest BCUT2D eigenvalue weighted by molar-refractivity contribution is 5.88. The van der Waals surface area contributed by atoms with Gasteiger partial charge in [0.05, 0.1) is 5.52 Å². The van der Waals surface area contributed by atoms with Crippen LogP contribution >= 0.6 is 0 Å². The summed E-state index contributed by atoms with van der Waals surface area (Å²) in [5.41, 5.74) is 13.2. The quantitative estimate of drug-likeness (QED) is 0.743. The zero-order valence-corrected chi connectivity index (χ0v) is 13.3. The zero-order valence-electron chi connectivity index (χ0n) is 13.3. The summed E-state index contributed by atoms with van der Waals surface area (Å²) in [6.07, 6.45) is -0.863. The lowest BCUT2D eigenvalue weighted by atomic mass is 10.2. The Kier molecular flexibility index (Phi) is 4.35. The normalized spacial score (nSPS) is 10.8. The van der Waals surface area contributed by atoms with Gasteiger partial charge in [0, 0.05) is 25.7 Å². The van der Waals surface area contributed by atoms with Gasteiger partial charge in [-0.2, -0.15) is 0 Å². The third-order valence-electron chi connectivity index (χ3n) is 3.65. The Morgan fingerprint density at radius 1 is 1.21 bits per heavy atom. The van der Waals surface area contributed by atoms with Gasteiger partial charge in [-0.25, -0.2) is 14.5 Å². The molecule has 0 unspecified atom stereocenters. The van der Waals surface area contributed by atoms with Crippen LogP contribution in [-0.4, -0.2) is 35.9 Å². The first-order valence-electron chi connectivity index (χ1n) is 7.57. The van der Waals surface area contributed by atoms with E-state index in [4.69, 9.17) is 21.2 Å². The van der Waals surface area contributed by atoms with E-state index >= 15 is 0 Å². The second-order valence-corrected chi connectivity index (χ2v) is 5.33. The number of carbonyl (C=O) groups is 1. The average molecular weight is 325 g/mol. The number of fused-ring (bicyclic) bond motifs is 1. The highest BCUT2D eigenvalue weighted by atomic mass is 16.5. The highest BCUT2D eigenvalue weighted by Crippen LogP contribution is 2.31. The largest absolute Gasteiger partial charge is 0.410 e. The molecule has 1 aromatic heterocycles. The number of likely N-dealkylation sites (N-methyl/N-ethyl adjacent to an activating group) is 1. The van der Waals surface area contributed by atoms with Gasteiger partial charge >= 0.3 is 6.09 Å². The molecule has 0 aliphatic rings. The van der Waals surface area contributed by atoms with Gasteiger partial charge < -0.3 is 21.2 Å². The van der Waals surface area contributed by atoms with E-state index in [0.29, 0.717) is 29.9 Å². The number of ether oxygens (including phenoxy) is 1. The van der Waals surface area contributed by atoms with Crippen LogP contribution < -0.4 is 21.2 Å². The van der Waals surface area contributed by atoms with Crippen molar-refractivity contribution in [1.82, 2.24) is 9.66 Å². The van der Waals surface area contributed by atoms with Crippen molar-refractivity contribution in [1.29, 1.82) is 0 Å². The van der Waals surface area contributed by atoms with Gasteiger partial charge in [0.1, 0.15) is 5.52 Å². The summed E-state index contributed by atoms with van der Waals surface area (Å²) in [6, 6.07) is 15.1. The molecule has 4 N–H and O–H groups in total. The molecule has 0 saturated heterocycles. The number of primary amides is 1. The zero-order chi connectivity index (χ0) is 17.1. The molecular formula is C17H19N5O2. The molecule has 0 fully saturated rings. The Bertz CT molecular complexity index is 860. The molecule has 7 nitrogen and oxygen atoms in total. The van der Waals surface area contributed by atoms with Crippen molar-refractivity contribution in [2.75, 3.05) is 25.1 Å². The van der Waals surface area contributed by atoms with Crippen LogP contribution in [0.1, 0.15) is 0 Å². The molecule has 0 bridgehead atoms. The summed E-state index contributed by atoms with van der Waals surface area (Å²) >= 11 is 0. The second-order valence-electron chi connectivity index (χ2n) is 5.33. The fourth-order valence-electron chi connectivity index (χ4n) is 2.67. The topological polar surface area (TPSA) is 99.4 Å². The molecule has 2 aromatic carbocycles. The number of para-hydroxylation sites is 1. The molecule has 0 radical (unpaired) electrons. The third-order valence-corrected chi connectivity index (χ3v) is 3.65. The minimum absolute atomic E-state index is 0.360. The molecule has 3 rings (SSSR count). The Labute approximate surface area is 139 Å². The van der Waals surface area contributed by atoms with Crippen LogP contribution in [0.3, 0.4) is 0 Å². The number of carbonyl (C=O) groups excluding carboxylic acids is 1. The van der Waals surface area contributed by atoms with E-state index < -0.39 is 6.09 Å². The number of nitrogens with zero attached hydrogens (tertiary/aromatic N) is 3. The molecule has 24 heavy (non-hydrogen) atoms. The van der Waals surface area contributed by atoms with Crippen LogP contribution in [0.5, 0.6) is 5.75 Å². The molecule has 0 spiro atoms. The number of aromatic nitrogens is 2. The lowest BCUT2D eigenvalue weighted by Gasteiger charge is -2.23. The average Bonchev–Trinajstić information content (AvgIpc) is 2.96. The first-order chi connectivity index (χ1) is 11.6. The first-order valence-corrected chi connectivity index (χ1v) is 7.57. The maximum absolute atomic E-state index is 11.2. The molecule has 0 aliphatic carbocycles. The van der Waals surface area contributed by atoms with Crippen molar-refractivity contribution in [2.45, 2.75) is 0 Å². The Morgan fingerprint density at radius 3 is 2.62 bits per heavy atom. The molecule has 1 amide bonds. The predicted molar refractivity (Wildman–Crippen MR) is 93.4 cm³/mol. The third kappa shape index (κ3) is 2.89. The standard InChI is InChI=1S/C17H19N5O2/c1-21(11-10-18)22-15-13(8-5-9-14(15)24-17(19)23)20-16(22)12-6-3-2-4-7-12/h2-9H,10-11,18H2,1H3,(H2,19,23).